The topological polar surface area (TPSA) is 62.2 Å². The van der Waals surface area contributed by atoms with E-state index in [9.17, 15) is 18.0 Å². The molecule has 128 valence electrons. The van der Waals surface area contributed by atoms with Crippen LogP contribution in [0.2, 0.25) is 0 Å². The third-order valence-electron chi connectivity index (χ3n) is 3.84. The lowest BCUT2D eigenvalue weighted by Gasteiger charge is -2.41. The number of anilines is 2. The smallest absolute Gasteiger partial charge is 0.367 e. The Morgan fingerprint density at radius 2 is 1.88 bits per heavy atom. The van der Waals surface area contributed by atoms with Gasteiger partial charge in [0, 0.05) is 31.9 Å². The first-order valence-electron chi connectivity index (χ1n) is 7.30. The van der Waals surface area contributed by atoms with Gasteiger partial charge in [-0.1, -0.05) is 0 Å². The molecule has 2 aromatic rings. The van der Waals surface area contributed by atoms with Crippen LogP contribution < -0.4 is 15.5 Å². The summed E-state index contributed by atoms with van der Waals surface area (Å²) in [6.45, 7) is 1.09. The molecule has 1 aromatic heterocycles. The number of amides is 2. The Morgan fingerprint density at radius 1 is 1.21 bits per heavy atom. The van der Waals surface area contributed by atoms with Crippen LogP contribution in [-0.4, -0.2) is 34.9 Å². The number of carbonyl (C=O) groups is 1. The molecular formula is C15H16F3N5O. The molecule has 2 amide bonds. The van der Waals surface area contributed by atoms with Crippen LogP contribution >= 0.6 is 0 Å². The van der Waals surface area contributed by atoms with Crippen molar-refractivity contribution in [3.63, 3.8) is 0 Å². The second-order valence-electron chi connectivity index (χ2n) is 5.59. The number of nitrogens with one attached hydrogen (secondary N) is 2. The van der Waals surface area contributed by atoms with E-state index < -0.39 is 11.7 Å². The van der Waals surface area contributed by atoms with Gasteiger partial charge in [-0.05, 0) is 24.3 Å². The molecule has 0 aliphatic carbocycles. The van der Waals surface area contributed by atoms with Crippen LogP contribution in [0.4, 0.5) is 29.5 Å². The molecule has 0 bridgehead atoms. The first kappa shape index (κ1) is 16.2. The van der Waals surface area contributed by atoms with Crippen LogP contribution in [0.25, 0.3) is 0 Å². The maximum Gasteiger partial charge on any atom is 0.416 e. The molecule has 1 aliphatic heterocycles. The molecule has 2 heterocycles. The molecule has 24 heavy (non-hydrogen) atoms. The lowest BCUT2D eigenvalue weighted by atomic mass is 10.1. The molecule has 0 spiro atoms. The molecule has 2 N–H and O–H groups in total. The van der Waals surface area contributed by atoms with Crippen molar-refractivity contribution in [3.05, 3.63) is 42.1 Å². The zero-order valence-electron chi connectivity index (χ0n) is 12.8. The SMILES string of the molecule is Cn1nccc1NC(=O)NC1CN(c2ccc(C(F)(F)F)cc2)C1. The zero-order chi connectivity index (χ0) is 17.3. The minimum Gasteiger partial charge on any atom is -0.367 e. The Morgan fingerprint density at radius 3 is 2.42 bits per heavy atom. The van der Waals surface area contributed by atoms with Gasteiger partial charge >= 0.3 is 12.2 Å². The highest BCUT2D eigenvalue weighted by Crippen LogP contribution is 2.31. The monoisotopic (exact) mass is 339 g/mol. The number of aromatic nitrogens is 2. The van der Waals surface area contributed by atoms with Gasteiger partial charge in [-0.2, -0.15) is 18.3 Å². The third kappa shape index (κ3) is 3.44. The van der Waals surface area contributed by atoms with E-state index in [4.69, 9.17) is 0 Å². The summed E-state index contributed by atoms with van der Waals surface area (Å²) in [5, 5.41) is 9.42. The van der Waals surface area contributed by atoms with Crippen LogP contribution in [0.3, 0.4) is 0 Å². The Labute approximate surface area is 136 Å². The molecule has 3 rings (SSSR count). The number of rotatable bonds is 3. The largest absolute Gasteiger partial charge is 0.416 e. The van der Waals surface area contributed by atoms with Crippen molar-refractivity contribution in [1.82, 2.24) is 15.1 Å². The molecule has 0 unspecified atom stereocenters. The van der Waals surface area contributed by atoms with Gasteiger partial charge in [0.1, 0.15) is 5.82 Å². The Balaban J connectivity index is 1.49. The molecule has 6 nitrogen and oxygen atoms in total. The molecule has 1 fully saturated rings. The number of carbonyl (C=O) groups excluding carboxylic acids is 1. The van der Waals surface area contributed by atoms with Gasteiger partial charge in [-0.15, -0.1) is 0 Å². The number of urea groups is 1. The lowest BCUT2D eigenvalue weighted by molar-refractivity contribution is -0.137. The fourth-order valence-corrected chi connectivity index (χ4v) is 2.48. The second kappa shape index (κ2) is 6.06. The number of alkyl halides is 3. The van der Waals surface area contributed by atoms with Crippen LogP contribution in [0, 0.1) is 0 Å². The van der Waals surface area contributed by atoms with Gasteiger partial charge in [0.15, 0.2) is 0 Å². The van der Waals surface area contributed by atoms with Gasteiger partial charge in [-0.25, -0.2) is 4.79 Å². The Bertz CT molecular complexity index is 719. The van der Waals surface area contributed by atoms with E-state index in [1.165, 1.54) is 16.8 Å². The fraction of sp³-hybridized carbons (Fsp3) is 0.333. The first-order chi connectivity index (χ1) is 11.3. The number of hydrogen-bond acceptors (Lipinski definition) is 3. The normalized spacial score (nSPS) is 15.1. The molecule has 1 saturated heterocycles. The van der Waals surface area contributed by atoms with E-state index in [-0.39, 0.29) is 12.1 Å². The summed E-state index contributed by atoms with van der Waals surface area (Å²) in [5.74, 6) is 0.575. The minimum atomic E-state index is -4.33. The maximum absolute atomic E-state index is 12.5. The minimum absolute atomic E-state index is 0.0551. The molecule has 1 aromatic carbocycles. The van der Waals surface area contributed by atoms with Crippen LogP contribution in [0.1, 0.15) is 5.56 Å². The van der Waals surface area contributed by atoms with Crippen molar-refractivity contribution in [1.29, 1.82) is 0 Å². The summed E-state index contributed by atoms with van der Waals surface area (Å²) in [6.07, 6.45) is -2.76. The second-order valence-corrected chi connectivity index (χ2v) is 5.59. The van der Waals surface area contributed by atoms with E-state index >= 15 is 0 Å². The Kier molecular flexibility index (Phi) is 4.08. The van der Waals surface area contributed by atoms with Crippen molar-refractivity contribution >= 4 is 17.5 Å². The summed E-state index contributed by atoms with van der Waals surface area (Å²) in [7, 11) is 1.71. The van der Waals surface area contributed by atoms with Gasteiger partial charge in [-0.3, -0.25) is 10.00 Å². The van der Waals surface area contributed by atoms with E-state index in [1.807, 2.05) is 4.90 Å². The highest BCUT2D eigenvalue weighted by Gasteiger charge is 2.32. The van der Waals surface area contributed by atoms with Crippen LogP contribution in [0.5, 0.6) is 0 Å². The van der Waals surface area contributed by atoms with E-state index in [1.54, 1.807) is 19.3 Å². The predicted molar refractivity (Wildman–Crippen MR) is 82.8 cm³/mol. The molecule has 0 atom stereocenters. The van der Waals surface area contributed by atoms with E-state index in [0.29, 0.717) is 24.6 Å². The average Bonchev–Trinajstić information content (AvgIpc) is 2.87. The standard InChI is InChI=1S/C15H16F3N5O/c1-22-13(6-7-19-22)21-14(24)20-11-8-23(9-11)12-4-2-10(3-5-12)15(16,17)18/h2-7,11H,8-9H2,1H3,(H2,20,21,24). The van der Waals surface area contributed by atoms with Crippen molar-refractivity contribution in [2.75, 3.05) is 23.3 Å². The van der Waals surface area contributed by atoms with Crippen molar-refractivity contribution in [3.8, 4) is 0 Å². The highest BCUT2D eigenvalue weighted by molar-refractivity contribution is 5.88. The third-order valence-corrected chi connectivity index (χ3v) is 3.84. The van der Waals surface area contributed by atoms with Gasteiger partial charge < -0.3 is 10.2 Å². The van der Waals surface area contributed by atoms with E-state index in [2.05, 4.69) is 15.7 Å². The number of benzene rings is 1. The molecular weight excluding hydrogens is 323 g/mol. The molecule has 0 radical (unpaired) electrons. The summed E-state index contributed by atoms with van der Waals surface area (Å²) in [5.41, 5.74) is 0.0325. The molecule has 0 saturated carbocycles. The summed E-state index contributed by atoms with van der Waals surface area (Å²) >= 11 is 0. The quantitative estimate of drug-likeness (QED) is 0.903. The summed E-state index contributed by atoms with van der Waals surface area (Å²) in [6, 6.07) is 6.28. The fourth-order valence-electron chi connectivity index (χ4n) is 2.48. The van der Waals surface area contributed by atoms with E-state index in [0.717, 1.165) is 12.1 Å². The van der Waals surface area contributed by atoms with Gasteiger partial charge in [0.2, 0.25) is 0 Å². The average molecular weight is 339 g/mol. The highest BCUT2D eigenvalue weighted by atomic mass is 19.4. The van der Waals surface area contributed by atoms with Gasteiger partial charge in [0.25, 0.3) is 0 Å². The van der Waals surface area contributed by atoms with Crippen LogP contribution in [0.15, 0.2) is 36.5 Å². The summed E-state index contributed by atoms with van der Waals surface area (Å²) < 4.78 is 39.1. The number of nitrogens with zero attached hydrogens (tertiary/aromatic N) is 3. The van der Waals surface area contributed by atoms with Crippen molar-refractivity contribution in [2.24, 2.45) is 7.05 Å². The number of aryl methyl sites for hydroxylation is 1. The summed E-state index contributed by atoms with van der Waals surface area (Å²) in [4.78, 5) is 13.8. The molecule has 9 heteroatoms. The van der Waals surface area contributed by atoms with Crippen molar-refractivity contribution in [2.45, 2.75) is 12.2 Å². The zero-order valence-corrected chi connectivity index (χ0v) is 12.8. The van der Waals surface area contributed by atoms with Crippen LogP contribution in [-0.2, 0) is 13.2 Å². The maximum atomic E-state index is 12.5. The Hall–Kier alpha value is -2.71. The molecule has 1 aliphatic rings. The van der Waals surface area contributed by atoms with Crippen molar-refractivity contribution < 1.29 is 18.0 Å². The number of hydrogen-bond donors (Lipinski definition) is 2. The first-order valence-corrected chi connectivity index (χ1v) is 7.30. The predicted octanol–water partition coefficient (Wildman–Crippen LogP) is 2.45. The lowest BCUT2D eigenvalue weighted by Crippen LogP contribution is -2.60. The number of halogens is 3. The van der Waals surface area contributed by atoms with Gasteiger partial charge in [0.05, 0.1) is 17.8 Å².